The number of anilines is 1. The van der Waals surface area contributed by atoms with Crippen molar-refractivity contribution in [3.8, 4) is 22.8 Å². The van der Waals surface area contributed by atoms with Crippen molar-refractivity contribution in [2.24, 2.45) is 0 Å². The van der Waals surface area contributed by atoms with E-state index in [0.717, 1.165) is 43.6 Å². The van der Waals surface area contributed by atoms with Gasteiger partial charge in [-0.1, -0.05) is 11.3 Å². The maximum Gasteiger partial charge on any atom is 0.255 e. The third-order valence-corrected chi connectivity index (χ3v) is 6.11. The Kier molecular flexibility index (Phi) is 4.80. The van der Waals surface area contributed by atoms with E-state index in [-0.39, 0.29) is 5.91 Å². The maximum atomic E-state index is 12.7. The first-order chi connectivity index (χ1) is 15.1. The van der Waals surface area contributed by atoms with Crippen molar-refractivity contribution in [3.05, 3.63) is 78.5 Å². The molecule has 1 amide bonds. The molecule has 7 heteroatoms. The van der Waals surface area contributed by atoms with Crippen LogP contribution in [0.15, 0.2) is 72.9 Å². The Balaban J connectivity index is 1.42. The van der Waals surface area contributed by atoms with E-state index in [1.165, 1.54) is 0 Å². The van der Waals surface area contributed by atoms with Gasteiger partial charge in [-0.05, 0) is 66.7 Å². The zero-order chi connectivity index (χ0) is 21.4. The number of methoxy groups -OCH3 is 2. The Hall–Kier alpha value is -3.84. The van der Waals surface area contributed by atoms with Gasteiger partial charge in [-0.2, -0.15) is 0 Å². The molecule has 5 aromatic rings. The SMILES string of the molecule is COc1ccc(NC(=O)c2ccc3c(c2)sc2nc(-c4ccc(OC)cc4)cn23)cc1. The molecule has 0 spiro atoms. The van der Waals surface area contributed by atoms with Crippen LogP contribution in [-0.2, 0) is 0 Å². The van der Waals surface area contributed by atoms with Crippen LogP contribution in [0.1, 0.15) is 10.4 Å². The molecule has 0 aliphatic heterocycles. The molecule has 31 heavy (non-hydrogen) atoms. The predicted octanol–water partition coefficient (Wildman–Crippen LogP) is 5.49. The van der Waals surface area contributed by atoms with Gasteiger partial charge in [-0.3, -0.25) is 9.20 Å². The lowest BCUT2D eigenvalue weighted by atomic mass is 10.1. The lowest BCUT2D eigenvalue weighted by Gasteiger charge is -2.06. The van der Waals surface area contributed by atoms with Crippen molar-refractivity contribution in [2.75, 3.05) is 19.5 Å². The van der Waals surface area contributed by atoms with Crippen molar-refractivity contribution in [1.82, 2.24) is 9.38 Å². The molecule has 0 saturated heterocycles. The molecule has 0 aliphatic carbocycles. The number of imidazole rings is 1. The standard InChI is InChI=1S/C24H19N3O3S/c1-29-18-8-3-15(4-9-18)20-14-27-21-12-5-16(13-22(21)31-24(27)26-20)23(28)25-17-6-10-19(30-2)11-7-17/h3-14H,1-2H3,(H,25,28). The molecule has 0 atom stereocenters. The minimum atomic E-state index is -0.156. The van der Waals surface area contributed by atoms with Crippen molar-refractivity contribution in [1.29, 1.82) is 0 Å². The van der Waals surface area contributed by atoms with Crippen LogP contribution in [-0.4, -0.2) is 29.5 Å². The van der Waals surface area contributed by atoms with E-state index in [9.17, 15) is 4.79 Å². The summed E-state index contributed by atoms with van der Waals surface area (Å²) in [4.78, 5) is 18.3. The molecule has 0 unspecified atom stereocenters. The van der Waals surface area contributed by atoms with Crippen LogP contribution < -0.4 is 14.8 Å². The van der Waals surface area contributed by atoms with Crippen LogP contribution in [0.5, 0.6) is 11.5 Å². The summed E-state index contributed by atoms with van der Waals surface area (Å²) < 4.78 is 13.4. The minimum Gasteiger partial charge on any atom is -0.497 e. The van der Waals surface area contributed by atoms with E-state index in [4.69, 9.17) is 14.5 Å². The molecule has 0 fully saturated rings. The summed E-state index contributed by atoms with van der Waals surface area (Å²) in [6.07, 6.45) is 2.02. The number of ether oxygens (including phenoxy) is 2. The number of amides is 1. The normalized spacial score (nSPS) is 11.0. The number of aromatic nitrogens is 2. The van der Waals surface area contributed by atoms with Gasteiger partial charge in [0.2, 0.25) is 0 Å². The van der Waals surface area contributed by atoms with Crippen molar-refractivity contribution in [3.63, 3.8) is 0 Å². The van der Waals surface area contributed by atoms with Crippen LogP contribution >= 0.6 is 11.3 Å². The first kappa shape index (κ1) is 19.1. The van der Waals surface area contributed by atoms with Crippen LogP contribution in [0, 0.1) is 0 Å². The lowest BCUT2D eigenvalue weighted by molar-refractivity contribution is 0.102. The van der Waals surface area contributed by atoms with Gasteiger partial charge >= 0.3 is 0 Å². The number of carbonyl (C=O) groups excluding carboxylic acids is 1. The number of hydrogen-bond donors (Lipinski definition) is 1. The highest BCUT2D eigenvalue weighted by atomic mass is 32.1. The Bertz CT molecular complexity index is 1390. The molecular formula is C24H19N3O3S. The van der Waals surface area contributed by atoms with Gasteiger partial charge in [-0.25, -0.2) is 4.98 Å². The number of fused-ring (bicyclic) bond motifs is 3. The second-order valence-electron chi connectivity index (χ2n) is 6.97. The fourth-order valence-corrected chi connectivity index (χ4v) is 4.47. The molecule has 5 rings (SSSR count). The highest BCUT2D eigenvalue weighted by molar-refractivity contribution is 7.23. The first-order valence-electron chi connectivity index (χ1n) is 9.66. The molecule has 2 aromatic heterocycles. The lowest BCUT2D eigenvalue weighted by Crippen LogP contribution is -2.11. The zero-order valence-corrected chi connectivity index (χ0v) is 17.8. The van der Waals surface area contributed by atoms with Crippen LogP contribution in [0.4, 0.5) is 5.69 Å². The van der Waals surface area contributed by atoms with Crippen LogP contribution in [0.3, 0.4) is 0 Å². The van der Waals surface area contributed by atoms with Gasteiger partial charge in [0.25, 0.3) is 5.91 Å². The van der Waals surface area contributed by atoms with Gasteiger partial charge in [0.05, 0.1) is 30.1 Å². The molecule has 0 aliphatic rings. The Morgan fingerprint density at radius 3 is 2.29 bits per heavy atom. The van der Waals surface area contributed by atoms with Gasteiger partial charge in [0, 0.05) is 23.0 Å². The summed E-state index contributed by atoms with van der Waals surface area (Å²) in [5.74, 6) is 1.41. The fraction of sp³-hybridized carbons (Fsp3) is 0.0833. The number of nitrogens with zero attached hydrogens (tertiary/aromatic N) is 2. The van der Waals surface area contributed by atoms with Gasteiger partial charge in [0.1, 0.15) is 11.5 Å². The summed E-state index contributed by atoms with van der Waals surface area (Å²) in [6, 6.07) is 20.8. The number of benzene rings is 3. The number of hydrogen-bond acceptors (Lipinski definition) is 5. The summed E-state index contributed by atoms with van der Waals surface area (Å²) in [6.45, 7) is 0. The minimum absolute atomic E-state index is 0.156. The molecule has 0 bridgehead atoms. The summed E-state index contributed by atoms with van der Waals surface area (Å²) in [5.41, 5.74) is 4.27. The van der Waals surface area contributed by atoms with Gasteiger partial charge in [0.15, 0.2) is 4.96 Å². The third-order valence-electron chi connectivity index (χ3n) is 5.09. The molecular weight excluding hydrogens is 410 g/mol. The van der Waals surface area contributed by atoms with E-state index >= 15 is 0 Å². The van der Waals surface area contributed by atoms with Crippen LogP contribution in [0.2, 0.25) is 0 Å². The molecule has 0 radical (unpaired) electrons. The van der Waals surface area contributed by atoms with Gasteiger partial charge in [-0.15, -0.1) is 0 Å². The molecule has 154 valence electrons. The molecule has 0 saturated carbocycles. The first-order valence-corrected chi connectivity index (χ1v) is 10.5. The molecule has 3 aromatic carbocycles. The largest absolute Gasteiger partial charge is 0.497 e. The quantitative estimate of drug-likeness (QED) is 0.401. The maximum absolute atomic E-state index is 12.7. The van der Waals surface area contributed by atoms with Crippen molar-refractivity contribution in [2.45, 2.75) is 0 Å². The predicted molar refractivity (Wildman–Crippen MR) is 124 cm³/mol. The second kappa shape index (κ2) is 7.77. The molecule has 6 nitrogen and oxygen atoms in total. The van der Waals surface area contributed by atoms with Crippen molar-refractivity contribution >= 4 is 38.1 Å². The average molecular weight is 430 g/mol. The van der Waals surface area contributed by atoms with Gasteiger partial charge < -0.3 is 14.8 Å². The van der Waals surface area contributed by atoms with E-state index < -0.39 is 0 Å². The highest BCUT2D eigenvalue weighted by Crippen LogP contribution is 2.31. The Morgan fingerprint density at radius 1 is 0.935 bits per heavy atom. The fourth-order valence-electron chi connectivity index (χ4n) is 3.42. The third kappa shape index (κ3) is 3.60. The number of rotatable bonds is 5. The number of nitrogens with one attached hydrogen (secondary N) is 1. The zero-order valence-electron chi connectivity index (χ0n) is 17.0. The summed E-state index contributed by atoms with van der Waals surface area (Å²) in [7, 11) is 3.26. The van der Waals surface area contributed by atoms with Crippen LogP contribution in [0.25, 0.3) is 26.4 Å². The second-order valence-corrected chi connectivity index (χ2v) is 7.98. The topological polar surface area (TPSA) is 64.9 Å². The van der Waals surface area contributed by atoms with Crippen molar-refractivity contribution < 1.29 is 14.3 Å². The number of thiazole rings is 1. The Labute approximate surface area is 182 Å². The average Bonchev–Trinajstić information content (AvgIpc) is 3.37. The summed E-state index contributed by atoms with van der Waals surface area (Å²) in [5, 5.41) is 2.92. The van der Waals surface area contributed by atoms with E-state index in [1.54, 1.807) is 25.6 Å². The number of carbonyl (C=O) groups is 1. The van der Waals surface area contributed by atoms with E-state index in [2.05, 4.69) is 9.72 Å². The monoisotopic (exact) mass is 429 g/mol. The highest BCUT2D eigenvalue weighted by Gasteiger charge is 2.13. The smallest absolute Gasteiger partial charge is 0.255 e. The molecule has 2 heterocycles. The van der Waals surface area contributed by atoms with E-state index in [0.29, 0.717) is 5.56 Å². The molecule has 1 N–H and O–H groups in total. The summed E-state index contributed by atoms with van der Waals surface area (Å²) >= 11 is 1.56. The van der Waals surface area contributed by atoms with E-state index in [1.807, 2.05) is 72.9 Å². The Morgan fingerprint density at radius 2 is 1.61 bits per heavy atom.